The summed E-state index contributed by atoms with van der Waals surface area (Å²) in [5, 5.41) is 0. The molecule has 0 saturated heterocycles. The fourth-order valence-electron chi connectivity index (χ4n) is 2.07. The first-order valence-electron chi connectivity index (χ1n) is 6.85. The lowest BCUT2D eigenvalue weighted by Gasteiger charge is -2.12. The van der Waals surface area contributed by atoms with Crippen molar-refractivity contribution >= 4 is 5.82 Å². The first-order valence-corrected chi connectivity index (χ1v) is 6.85. The summed E-state index contributed by atoms with van der Waals surface area (Å²) in [5.74, 6) is 3.11. The normalized spacial score (nSPS) is 13.3. The summed E-state index contributed by atoms with van der Waals surface area (Å²) in [7, 11) is 0. The Morgan fingerprint density at radius 2 is 1.88 bits per heavy atom. The zero-order valence-corrected chi connectivity index (χ0v) is 12.0. The van der Waals surface area contributed by atoms with Gasteiger partial charge in [-0.1, -0.05) is 34.6 Å². The van der Waals surface area contributed by atoms with Crippen molar-refractivity contribution in [3.8, 4) is 0 Å². The summed E-state index contributed by atoms with van der Waals surface area (Å²) in [6.45, 7) is 12.0. The van der Waals surface area contributed by atoms with Crippen LogP contribution in [-0.2, 0) is 13.0 Å². The largest absolute Gasteiger partial charge is 0.384 e. The van der Waals surface area contributed by atoms with Crippen LogP contribution in [-0.4, -0.2) is 9.55 Å². The van der Waals surface area contributed by atoms with E-state index in [1.807, 2.05) is 0 Å². The molecule has 0 aliphatic heterocycles. The summed E-state index contributed by atoms with van der Waals surface area (Å²) in [5.41, 5.74) is 7.35. The number of aromatic nitrogens is 2. The zero-order chi connectivity index (χ0) is 13.0. The third-order valence-corrected chi connectivity index (χ3v) is 3.21. The lowest BCUT2D eigenvalue weighted by molar-refractivity contribution is 0.509. The number of aryl methyl sites for hydroxylation is 1. The molecule has 17 heavy (non-hydrogen) atoms. The van der Waals surface area contributed by atoms with Crippen LogP contribution < -0.4 is 5.73 Å². The molecular weight excluding hydrogens is 210 g/mol. The molecule has 0 fully saturated rings. The molecule has 1 aromatic heterocycles. The van der Waals surface area contributed by atoms with E-state index in [1.165, 1.54) is 0 Å². The van der Waals surface area contributed by atoms with Gasteiger partial charge in [0.1, 0.15) is 11.6 Å². The molecule has 0 aliphatic carbocycles. The Bertz CT molecular complexity index is 353. The molecule has 2 N–H and O–H groups in total. The van der Waals surface area contributed by atoms with Crippen LogP contribution in [0, 0.1) is 5.92 Å². The molecule has 0 aromatic carbocycles. The Morgan fingerprint density at radius 3 is 2.35 bits per heavy atom. The third-order valence-electron chi connectivity index (χ3n) is 3.21. The maximum Gasteiger partial charge on any atom is 0.127 e. The van der Waals surface area contributed by atoms with Gasteiger partial charge in [0.15, 0.2) is 0 Å². The van der Waals surface area contributed by atoms with Gasteiger partial charge in [-0.05, 0) is 18.8 Å². The summed E-state index contributed by atoms with van der Waals surface area (Å²) < 4.78 is 2.22. The molecule has 1 heterocycles. The Morgan fingerprint density at radius 1 is 1.24 bits per heavy atom. The zero-order valence-electron chi connectivity index (χ0n) is 12.0. The first kappa shape index (κ1) is 14.1. The van der Waals surface area contributed by atoms with Gasteiger partial charge in [0.2, 0.25) is 0 Å². The molecule has 0 amide bonds. The van der Waals surface area contributed by atoms with Crippen LogP contribution in [0.3, 0.4) is 0 Å². The van der Waals surface area contributed by atoms with E-state index >= 15 is 0 Å². The highest BCUT2D eigenvalue weighted by atomic mass is 15.1. The highest BCUT2D eigenvalue weighted by Gasteiger charge is 2.18. The molecule has 0 spiro atoms. The van der Waals surface area contributed by atoms with Crippen LogP contribution in [0.2, 0.25) is 0 Å². The maximum atomic E-state index is 6.26. The van der Waals surface area contributed by atoms with Crippen molar-refractivity contribution in [1.82, 2.24) is 9.55 Å². The summed E-state index contributed by atoms with van der Waals surface area (Å²) in [6, 6.07) is 0. The minimum atomic E-state index is 0.457. The lowest BCUT2D eigenvalue weighted by Crippen LogP contribution is -2.11. The number of anilines is 1. The van der Waals surface area contributed by atoms with Crippen molar-refractivity contribution < 1.29 is 0 Å². The van der Waals surface area contributed by atoms with Gasteiger partial charge in [-0.15, -0.1) is 0 Å². The lowest BCUT2D eigenvalue weighted by atomic mass is 10.1. The SMILES string of the molecule is CCCc1nc(C(C)CC)c(N)n1CC(C)C. The van der Waals surface area contributed by atoms with E-state index < -0.39 is 0 Å². The maximum absolute atomic E-state index is 6.26. The molecule has 1 atom stereocenters. The van der Waals surface area contributed by atoms with Crippen LogP contribution in [0.25, 0.3) is 0 Å². The van der Waals surface area contributed by atoms with Crippen molar-refractivity contribution in [3.63, 3.8) is 0 Å². The molecule has 98 valence electrons. The monoisotopic (exact) mass is 237 g/mol. The van der Waals surface area contributed by atoms with Crippen molar-refractivity contribution in [2.75, 3.05) is 5.73 Å². The number of rotatable bonds is 6. The second-order valence-corrected chi connectivity index (χ2v) is 5.36. The van der Waals surface area contributed by atoms with Crippen molar-refractivity contribution in [1.29, 1.82) is 0 Å². The standard InChI is InChI=1S/C14H27N3/c1-6-8-12-16-13(11(5)7-2)14(15)17(12)9-10(3)4/h10-11H,6-9,15H2,1-5H3. The molecule has 1 rings (SSSR count). The Labute approximate surface area is 105 Å². The van der Waals surface area contributed by atoms with Gasteiger partial charge in [-0.2, -0.15) is 0 Å². The molecule has 0 aliphatic rings. The molecule has 0 bridgehead atoms. The van der Waals surface area contributed by atoms with Gasteiger partial charge in [0.25, 0.3) is 0 Å². The molecule has 0 radical (unpaired) electrons. The highest BCUT2D eigenvalue weighted by molar-refractivity contribution is 5.40. The number of hydrogen-bond acceptors (Lipinski definition) is 2. The van der Waals surface area contributed by atoms with Crippen LogP contribution in [0.15, 0.2) is 0 Å². The summed E-state index contributed by atoms with van der Waals surface area (Å²) in [6.07, 6.45) is 3.23. The molecule has 1 unspecified atom stereocenters. The van der Waals surface area contributed by atoms with E-state index in [1.54, 1.807) is 0 Å². The molecule has 0 saturated carbocycles. The van der Waals surface area contributed by atoms with Crippen LogP contribution in [0.5, 0.6) is 0 Å². The van der Waals surface area contributed by atoms with Gasteiger partial charge in [-0.3, -0.25) is 0 Å². The second-order valence-electron chi connectivity index (χ2n) is 5.36. The third kappa shape index (κ3) is 3.24. The van der Waals surface area contributed by atoms with E-state index in [9.17, 15) is 0 Å². The number of imidazole rings is 1. The van der Waals surface area contributed by atoms with E-state index in [-0.39, 0.29) is 0 Å². The van der Waals surface area contributed by atoms with Crippen LogP contribution in [0.4, 0.5) is 5.82 Å². The van der Waals surface area contributed by atoms with Gasteiger partial charge in [0.05, 0.1) is 5.69 Å². The van der Waals surface area contributed by atoms with E-state index in [2.05, 4.69) is 39.2 Å². The number of nitrogen functional groups attached to an aromatic ring is 1. The highest BCUT2D eigenvalue weighted by Crippen LogP contribution is 2.26. The predicted octanol–water partition coefficient (Wildman–Crippen LogP) is 3.59. The summed E-state index contributed by atoms with van der Waals surface area (Å²) in [4.78, 5) is 4.76. The quantitative estimate of drug-likeness (QED) is 0.821. The number of hydrogen-bond donors (Lipinski definition) is 1. The molecular formula is C14H27N3. The average Bonchev–Trinajstić information content (AvgIpc) is 2.57. The Kier molecular flexibility index (Phi) is 5.03. The smallest absolute Gasteiger partial charge is 0.127 e. The molecule has 1 aromatic rings. The molecule has 3 nitrogen and oxygen atoms in total. The fourth-order valence-corrected chi connectivity index (χ4v) is 2.07. The van der Waals surface area contributed by atoms with Crippen LogP contribution in [0.1, 0.15) is 64.9 Å². The Balaban J connectivity index is 3.10. The first-order chi connectivity index (χ1) is 8.01. The topological polar surface area (TPSA) is 43.8 Å². The van der Waals surface area contributed by atoms with Crippen molar-refractivity contribution in [3.05, 3.63) is 11.5 Å². The van der Waals surface area contributed by atoms with Gasteiger partial charge in [-0.25, -0.2) is 4.98 Å². The average molecular weight is 237 g/mol. The number of nitrogens with zero attached hydrogens (tertiary/aromatic N) is 2. The van der Waals surface area contributed by atoms with Gasteiger partial charge >= 0.3 is 0 Å². The fraction of sp³-hybridized carbons (Fsp3) is 0.786. The van der Waals surface area contributed by atoms with Crippen molar-refractivity contribution in [2.24, 2.45) is 5.92 Å². The number of nitrogens with two attached hydrogens (primary N) is 1. The second kappa shape index (κ2) is 6.08. The predicted molar refractivity (Wildman–Crippen MR) is 74.2 cm³/mol. The van der Waals surface area contributed by atoms with E-state index in [0.29, 0.717) is 11.8 Å². The van der Waals surface area contributed by atoms with E-state index in [0.717, 1.165) is 43.1 Å². The van der Waals surface area contributed by atoms with Crippen LogP contribution >= 0.6 is 0 Å². The van der Waals surface area contributed by atoms with Gasteiger partial charge in [0, 0.05) is 18.9 Å². The van der Waals surface area contributed by atoms with Gasteiger partial charge < -0.3 is 10.3 Å². The van der Waals surface area contributed by atoms with Crippen molar-refractivity contribution in [2.45, 2.75) is 66.3 Å². The molecule has 3 heteroatoms. The minimum absolute atomic E-state index is 0.457. The minimum Gasteiger partial charge on any atom is -0.384 e. The summed E-state index contributed by atoms with van der Waals surface area (Å²) >= 11 is 0. The Hall–Kier alpha value is -0.990. The van der Waals surface area contributed by atoms with E-state index in [4.69, 9.17) is 10.7 Å².